The standard InChI is InChI=1S/C24H23ClN8O/c1-4-32(21-16(12-26)20(27)30-23(28)31-21)24-29-18-10-6-9-17(25)19(18)22(34)33(24)15-8-5-7-14(11-15)13(2)3/h5-11,13H,4H2,1-3H3,(H4,27,28,30,31). The van der Waals surface area contributed by atoms with E-state index in [0.717, 1.165) is 5.56 Å². The zero-order valence-corrected chi connectivity index (χ0v) is 19.7. The molecule has 0 saturated heterocycles. The van der Waals surface area contributed by atoms with Crippen molar-refractivity contribution < 1.29 is 0 Å². The van der Waals surface area contributed by atoms with Gasteiger partial charge in [0.15, 0.2) is 5.82 Å². The lowest BCUT2D eigenvalue weighted by atomic mass is 10.0. The van der Waals surface area contributed by atoms with Crippen LogP contribution in [0, 0.1) is 11.3 Å². The van der Waals surface area contributed by atoms with Gasteiger partial charge in [0.1, 0.15) is 17.5 Å². The second-order valence-electron chi connectivity index (χ2n) is 7.96. The van der Waals surface area contributed by atoms with Crippen LogP contribution in [-0.4, -0.2) is 26.1 Å². The fourth-order valence-corrected chi connectivity index (χ4v) is 4.04. The fourth-order valence-electron chi connectivity index (χ4n) is 3.79. The van der Waals surface area contributed by atoms with Crippen molar-refractivity contribution in [2.45, 2.75) is 26.7 Å². The fraction of sp³-hybridized carbons (Fsp3) is 0.208. The smallest absolute Gasteiger partial charge is 0.268 e. The molecular formula is C24H23ClN8O. The molecule has 0 amide bonds. The molecule has 34 heavy (non-hydrogen) atoms. The summed E-state index contributed by atoms with van der Waals surface area (Å²) in [4.78, 5) is 28.4. The normalized spacial score (nSPS) is 11.1. The molecule has 4 N–H and O–H groups in total. The summed E-state index contributed by atoms with van der Waals surface area (Å²) in [7, 11) is 0. The van der Waals surface area contributed by atoms with Gasteiger partial charge >= 0.3 is 0 Å². The first-order chi connectivity index (χ1) is 16.3. The summed E-state index contributed by atoms with van der Waals surface area (Å²) in [5, 5.41) is 10.3. The van der Waals surface area contributed by atoms with Crippen LogP contribution >= 0.6 is 11.6 Å². The number of hydrogen-bond donors (Lipinski definition) is 2. The average molecular weight is 475 g/mol. The van der Waals surface area contributed by atoms with Crippen LogP contribution in [0.3, 0.4) is 0 Å². The third-order valence-electron chi connectivity index (χ3n) is 5.48. The van der Waals surface area contributed by atoms with Crippen LogP contribution in [0.5, 0.6) is 0 Å². The summed E-state index contributed by atoms with van der Waals surface area (Å²) in [6, 6.07) is 14.8. The Kier molecular flexibility index (Phi) is 6.09. The predicted molar refractivity (Wildman–Crippen MR) is 135 cm³/mol. The number of benzene rings is 2. The molecule has 2 aromatic carbocycles. The summed E-state index contributed by atoms with van der Waals surface area (Å²) in [5.41, 5.74) is 13.6. The zero-order chi connectivity index (χ0) is 24.6. The van der Waals surface area contributed by atoms with Crippen molar-refractivity contribution in [3.8, 4) is 11.8 Å². The van der Waals surface area contributed by atoms with Gasteiger partial charge in [-0.2, -0.15) is 15.2 Å². The van der Waals surface area contributed by atoms with Gasteiger partial charge in [0.25, 0.3) is 5.56 Å². The predicted octanol–water partition coefficient (Wildman–Crippen LogP) is 4.15. The maximum absolute atomic E-state index is 13.9. The van der Waals surface area contributed by atoms with Gasteiger partial charge in [0.05, 0.1) is 21.6 Å². The Hall–Kier alpha value is -4.16. The van der Waals surface area contributed by atoms with E-state index in [-0.39, 0.29) is 40.6 Å². The van der Waals surface area contributed by atoms with Crippen molar-refractivity contribution in [1.82, 2.24) is 19.5 Å². The van der Waals surface area contributed by atoms with Gasteiger partial charge in [-0.3, -0.25) is 9.69 Å². The van der Waals surface area contributed by atoms with Gasteiger partial charge in [-0.1, -0.05) is 43.6 Å². The Balaban J connectivity index is 2.13. The molecule has 0 radical (unpaired) electrons. The molecular weight excluding hydrogens is 452 g/mol. The number of nitrogens with two attached hydrogens (primary N) is 2. The molecule has 0 aliphatic heterocycles. The van der Waals surface area contributed by atoms with E-state index in [4.69, 9.17) is 28.1 Å². The monoisotopic (exact) mass is 474 g/mol. The molecule has 0 saturated carbocycles. The van der Waals surface area contributed by atoms with E-state index in [1.165, 1.54) is 4.57 Å². The zero-order valence-electron chi connectivity index (χ0n) is 19.0. The summed E-state index contributed by atoms with van der Waals surface area (Å²) in [6.07, 6.45) is 0. The molecule has 2 aromatic heterocycles. The number of rotatable bonds is 5. The SMILES string of the molecule is CCN(c1nc(N)nc(N)c1C#N)c1nc2cccc(Cl)c2c(=O)n1-c1cccc(C(C)C)c1. The molecule has 9 nitrogen and oxygen atoms in total. The highest BCUT2D eigenvalue weighted by molar-refractivity contribution is 6.35. The molecule has 0 unspecified atom stereocenters. The van der Waals surface area contributed by atoms with Gasteiger partial charge in [0.2, 0.25) is 11.9 Å². The summed E-state index contributed by atoms with van der Waals surface area (Å²) >= 11 is 6.41. The van der Waals surface area contributed by atoms with E-state index < -0.39 is 0 Å². The van der Waals surface area contributed by atoms with E-state index in [1.54, 1.807) is 23.1 Å². The molecule has 0 atom stereocenters. The highest BCUT2D eigenvalue weighted by Gasteiger charge is 2.25. The van der Waals surface area contributed by atoms with Gasteiger partial charge in [-0.25, -0.2) is 9.55 Å². The molecule has 172 valence electrons. The molecule has 0 bridgehead atoms. The number of anilines is 4. The molecule has 2 heterocycles. The second-order valence-corrected chi connectivity index (χ2v) is 8.36. The van der Waals surface area contributed by atoms with Gasteiger partial charge in [-0.05, 0) is 42.7 Å². The van der Waals surface area contributed by atoms with Crippen molar-refractivity contribution in [3.05, 3.63) is 69.0 Å². The highest BCUT2D eigenvalue weighted by Crippen LogP contribution is 2.31. The first kappa shape index (κ1) is 23.0. The van der Waals surface area contributed by atoms with Crippen LogP contribution in [-0.2, 0) is 0 Å². The topological polar surface area (TPSA) is 140 Å². The van der Waals surface area contributed by atoms with Crippen LogP contribution in [0.15, 0.2) is 47.3 Å². The number of nitrogens with zero attached hydrogens (tertiary/aromatic N) is 6. The Morgan fingerprint density at radius 3 is 2.56 bits per heavy atom. The maximum atomic E-state index is 13.9. The number of fused-ring (bicyclic) bond motifs is 1. The van der Waals surface area contributed by atoms with Crippen molar-refractivity contribution in [2.24, 2.45) is 0 Å². The van der Waals surface area contributed by atoms with Crippen molar-refractivity contribution in [3.63, 3.8) is 0 Å². The van der Waals surface area contributed by atoms with Crippen LogP contribution < -0.4 is 21.9 Å². The maximum Gasteiger partial charge on any atom is 0.268 e. The molecule has 0 fully saturated rings. The quantitative estimate of drug-likeness (QED) is 0.439. The van der Waals surface area contributed by atoms with Crippen LogP contribution in [0.2, 0.25) is 5.02 Å². The minimum Gasteiger partial charge on any atom is -0.382 e. The molecule has 0 spiro atoms. The number of nitriles is 1. The first-order valence-corrected chi connectivity index (χ1v) is 11.1. The lowest BCUT2D eigenvalue weighted by Crippen LogP contribution is -2.31. The second kappa shape index (κ2) is 9.00. The number of hydrogen-bond acceptors (Lipinski definition) is 8. The molecule has 10 heteroatoms. The average Bonchev–Trinajstić information content (AvgIpc) is 2.79. The van der Waals surface area contributed by atoms with E-state index >= 15 is 0 Å². The largest absolute Gasteiger partial charge is 0.382 e. The molecule has 0 aliphatic rings. The Labute approximate surface area is 201 Å². The summed E-state index contributed by atoms with van der Waals surface area (Å²) in [5.74, 6) is 0.506. The van der Waals surface area contributed by atoms with Gasteiger partial charge < -0.3 is 11.5 Å². The minimum absolute atomic E-state index is 0.0407. The number of nitrogen functional groups attached to an aromatic ring is 2. The van der Waals surface area contributed by atoms with E-state index in [0.29, 0.717) is 28.2 Å². The third-order valence-corrected chi connectivity index (χ3v) is 5.80. The Morgan fingerprint density at radius 1 is 1.15 bits per heavy atom. The van der Waals surface area contributed by atoms with Crippen LogP contribution in [0.25, 0.3) is 16.6 Å². The summed E-state index contributed by atoms with van der Waals surface area (Å²) < 4.78 is 1.47. The van der Waals surface area contributed by atoms with Crippen molar-refractivity contribution in [1.29, 1.82) is 5.26 Å². The lowest BCUT2D eigenvalue weighted by Gasteiger charge is -2.26. The van der Waals surface area contributed by atoms with Gasteiger partial charge in [-0.15, -0.1) is 0 Å². The van der Waals surface area contributed by atoms with Crippen molar-refractivity contribution >= 4 is 46.0 Å². The summed E-state index contributed by atoms with van der Waals surface area (Å²) in [6.45, 7) is 6.30. The Morgan fingerprint density at radius 2 is 1.88 bits per heavy atom. The minimum atomic E-state index is -0.349. The lowest BCUT2D eigenvalue weighted by molar-refractivity contribution is 0.843. The third kappa shape index (κ3) is 3.89. The highest BCUT2D eigenvalue weighted by atomic mass is 35.5. The van der Waals surface area contributed by atoms with Crippen LogP contribution in [0.1, 0.15) is 37.8 Å². The first-order valence-electron chi connectivity index (χ1n) is 10.7. The van der Waals surface area contributed by atoms with E-state index in [1.807, 2.05) is 37.3 Å². The van der Waals surface area contributed by atoms with Crippen LogP contribution in [0.4, 0.5) is 23.5 Å². The van der Waals surface area contributed by atoms with E-state index in [2.05, 4.69) is 23.8 Å². The Bertz CT molecular complexity index is 1510. The van der Waals surface area contributed by atoms with E-state index in [9.17, 15) is 10.1 Å². The number of aromatic nitrogens is 4. The molecule has 4 aromatic rings. The number of halogens is 1. The van der Waals surface area contributed by atoms with Gasteiger partial charge in [0, 0.05) is 6.54 Å². The molecule has 4 rings (SSSR count). The molecule has 0 aliphatic carbocycles. The van der Waals surface area contributed by atoms with Crippen molar-refractivity contribution in [2.75, 3.05) is 22.9 Å².